The highest BCUT2D eigenvalue weighted by molar-refractivity contribution is 7.86. The number of nitrogens with one attached hydrogen (secondary N) is 1. The summed E-state index contributed by atoms with van der Waals surface area (Å²) in [7, 11) is -13.7. The van der Waals surface area contributed by atoms with E-state index in [0.717, 1.165) is 36.4 Å². The summed E-state index contributed by atoms with van der Waals surface area (Å²) in [5.74, 6) is -2.21. The highest BCUT2D eigenvalue weighted by Gasteiger charge is 2.25. The van der Waals surface area contributed by atoms with Crippen LogP contribution in [-0.4, -0.2) is 76.2 Å². The fourth-order valence-electron chi connectivity index (χ4n) is 5.12. The van der Waals surface area contributed by atoms with E-state index in [1.165, 1.54) is 43.5 Å². The van der Waals surface area contributed by atoms with Gasteiger partial charge >= 0.3 is 5.97 Å². The van der Waals surface area contributed by atoms with Gasteiger partial charge in [-0.25, -0.2) is 4.79 Å². The minimum Gasteiger partial charge on any atom is -0.505 e. The van der Waals surface area contributed by atoms with Gasteiger partial charge in [0, 0.05) is 33.9 Å². The molecule has 0 bridgehead atoms. The van der Waals surface area contributed by atoms with Crippen molar-refractivity contribution in [1.29, 1.82) is 0 Å². The van der Waals surface area contributed by atoms with E-state index in [9.17, 15) is 53.6 Å². The molecular formula is C33H28N6O14S3. The Balaban J connectivity index is 1.59. The van der Waals surface area contributed by atoms with Gasteiger partial charge in [-0.05, 0) is 60.0 Å². The van der Waals surface area contributed by atoms with Gasteiger partial charge in [-0.15, -0.1) is 15.3 Å². The standard InChI is InChI=1S/C33H28N6O14S3/c1-3-29(40)53-11-10-35-33(42)17-4-6-19(7-5-17)36-37-25-16-26(52-2)30(23-14-20(54(43,44)45)8-9-21(23)25)38-39-31-28(56(49,50)51)13-18-12-27(55(46,47)48)24(34)15-22(18)32(31)41/h3-9,12-16,41H,1,10-11,34H2,2H3,(H,35,42)(H,43,44,45)(H,46,47,48)(H,49,50,51). The number of hydrogen-bond donors (Lipinski definition) is 6. The number of fused-ring (bicyclic) bond motifs is 2. The fourth-order valence-corrected chi connectivity index (χ4v) is 6.92. The molecule has 5 rings (SSSR count). The van der Waals surface area contributed by atoms with Crippen molar-refractivity contribution in [1.82, 2.24) is 5.32 Å². The first-order valence-electron chi connectivity index (χ1n) is 15.4. The molecule has 292 valence electrons. The average Bonchev–Trinajstić information content (AvgIpc) is 3.13. The van der Waals surface area contributed by atoms with Gasteiger partial charge in [-0.2, -0.15) is 30.4 Å². The third kappa shape index (κ3) is 8.94. The Morgan fingerprint density at radius 2 is 1.43 bits per heavy atom. The number of nitrogens with zero attached hydrogens (tertiary/aromatic N) is 4. The molecule has 7 N–H and O–H groups in total. The SMILES string of the molecule is C=CC(=O)OCCNC(=O)c1ccc(N=Nc2cc(OC)c(N=Nc3c(S(=O)(=O)O)cc4cc(S(=O)(=O)O)c(N)cc4c3O)c3cc(S(=O)(=O)O)ccc23)cc1. The Morgan fingerprint density at radius 1 is 0.786 bits per heavy atom. The number of rotatable bonds is 13. The molecule has 0 aliphatic rings. The van der Waals surface area contributed by atoms with E-state index >= 15 is 0 Å². The van der Waals surface area contributed by atoms with E-state index in [0.29, 0.717) is 0 Å². The van der Waals surface area contributed by atoms with Gasteiger partial charge in [0.15, 0.2) is 5.75 Å². The van der Waals surface area contributed by atoms with Crippen LogP contribution >= 0.6 is 0 Å². The van der Waals surface area contributed by atoms with Gasteiger partial charge in [-0.1, -0.05) is 12.6 Å². The van der Waals surface area contributed by atoms with Crippen LogP contribution < -0.4 is 15.8 Å². The van der Waals surface area contributed by atoms with Crippen LogP contribution in [0.15, 0.2) is 115 Å². The first-order valence-corrected chi connectivity index (χ1v) is 19.7. The van der Waals surface area contributed by atoms with E-state index in [1.54, 1.807) is 0 Å². The molecule has 0 fully saturated rings. The Morgan fingerprint density at radius 3 is 2.04 bits per heavy atom. The maximum atomic E-state index is 12.4. The summed E-state index contributed by atoms with van der Waals surface area (Å²) in [4.78, 5) is 21.1. The number of phenolic OH excluding ortho intramolecular Hbond substituents is 1. The lowest BCUT2D eigenvalue weighted by Crippen LogP contribution is -2.27. The fraction of sp³-hybridized carbons (Fsp3) is 0.0909. The largest absolute Gasteiger partial charge is 0.505 e. The summed E-state index contributed by atoms with van der Waals surface area (Å²) in [6, 6.07) is 12.8. The molecule has 0 heterocycles. The number of amides is 1. The van der Waals surface area contributed by atoms with Crippen molar-refractivity contribution in [2.45, 2.75) is 14.7 Å². The molecule has 0 aromatic heterocycles. The molecule has 0 aliphatic carbocycles. The second-order valence-corrected chi connectivity index (χ2v) is 15.5. The zero-order chi connectivity index (χ0) is 41.2. The quantitative estimate of drug-likeness (QED) is 0.0218. The molecule has 0 spiro atoms. The lowest BCUT2D eigenvalue weighted by atomic mass is 10.1. The second-order valence-electron chi connectivity index (χ2n) is 11.3. The summed E-state index contributed by atoms with van der Waals surface area (Å²) in [5, 5.41) is 29.4. The van der Waals surface area contributed by atoms with Crippen molar-refractivity contribution in [3.05, 3.63) is 84.9 Å². The minimum absolute atomic E-state index is 0.0460. The van der Waals surface area contributed by atoms with Crippen LogP contribution in [0.1, 0.15) is 10.4 Å². The molecule has 23 heteroatoms. The molecule has 56 heavy (non-hydrogen) atoms. The monoisotopic (exact) mass is 828 g/mol. The van der Waals surface area contributed by atoms with Gasteiger partial charge in [0.05, 0.1) is 35.6 Å². The summed E-state index contributed by atoms with van der Waals surface area (Å²) in [6.45, 7) is 3.25. The number of azo groups is 2. The highest BCUT2D eigenvalue weighted by atomic mass is 32.2. The van der Waals surface area contributed by atoms with Crippen LogP contribution in [0.5, 0.6) is 11.5 Å². The highest BCUT2D eigenvalue weighted by Crippen LogP contribution is 2.47. The van der Waals surface area contributed by atoms with Crippen molar-refractivity contribution in [2.75, 3.05) is 26.0 Å². The third-order valence-electron chi connectivity index (χ3n) is 7.73. The van der Waals surface area contributed by atoms with Crippen LogP contribution in [0.25, 0.3) is 21.5 Å². The maximum Gasteiger partial charge on any atom is 0.330 e. The summed E-state index contributed by atoms with van der Waals surface area (Å²) in [6.07, 6.45) is 0.989. The number of phenols is 1. The molecule has 0 saturated carbocycles. The Labute approximate surface area is 317 Å². The topological polar surface area (TPSA) is 323 Å². The average molecular weight is 829 g/mol. The van der Waals surface area contributed by atoms with Crippen LogP contribution in [0, 0.1) is 0 Å². The van der Waals surface area contributed by atoms with Crippen LogP contribution in [0.2, 0.25) is 0 Å². The molecule has 0 unspecified atom stereocenters. The van der Waals surface area contributed by atoms with Crippen molar-refractivity contribution in [3.8, 4) is 11.5 Å². The number of nitrogens with two attached hydrogens (primary N) is 1. The molecular weight excluding hydrogens is 801 g/mol. The number of carbonyl (C=O) groups is 2. The van der Waals surface area contributed by atoms with Gasteiger partial charge in [0.1, 0.15) is 33.5 Å². The molecule has 0 atom stereocenters. The number of nitrogen functional groups attached to an aromatic ring is 1. The molecule has 0 radical (unpaired) electrons. The summed E-state index contributed by atoms with van der Waals surface area (Å²) < 4.78 is 112. The molecule has 20 nitrogen and oxygen atoms in total. The van der Waals surface area contributed by atoms with E-state index in [-0.39, 0.29) is 63.1 Å². The normalized spacial score (nSPS) is 12.4. The van der Waals surface area contributed by atoms with Gasteiger partial charge in [0.2, 0.25) is 0 Å². The predicted molar refractivity (Wildman–Crippen MR) is 198 cm³/mol. The number of esters is 1. The molecule has 5 aromatic carbocycles. The summed E-state index contributed by atoms with van der Waals surface area (Å²) in [5.41, 5.74) is 4.64. The van der Waals surface area contributed by atoms with Crippen molar-refractivity contribution in [3.63, 3.8) is 0 Å². The Bertz CT molecular complexity index is 2840. The summed E-state index contributed by atoms with van der Waals surface area (Å²) >= 11 is 0. The first-order chi connectivity index (χ1) is 26.2. The predicted octanol–water partition coefficient (Wildman–Crippen LogP) is 5.32. The zero-order valence-electron chi connectivity index (χ0n) is 28.5. The van der Waals surface area contributed by atoms with E-state index in [1.807, 2.05) is 0 Å². The number of anilines is 1. The minimum atomic E-state index is -5.22. The number of carbonyl (C=O) groups excluding carboxylic acids is 2. The molecule has 0 aliphatic heterocycles. The van der Waals surface area contributed by atoms with Crippen LogP contribution in [0.4, 0.5) is 28.4 Å². The van der Waals surface area contributed by atoms with Crippen LogP contribution in [0.3, 0.4) is 0 Å². The number of aromatic hydroxyl groups is 1. The molecule has 5 aromatic rings. The van der Waals surface area contributed by atoms with E-state index in [4.69, 9.17) is 15.2 Å². The Kier molecular flexibility index (Phi) is 11.5. The number of methoxy groups -OCH3 is 1. The van der Waals surface area contributed by atoms with Gasteiger partial charge in [0.25, 0.3) is 36.3 Å². The number of benzene rings is 5. The maximum absolute atomic E-state index is 12.4. The lowest BCUT2D eigenvalue weighted by molar-refractivity contribution is -0.137. The second kappa shape index (κ2) is 15.8. The Hall–Kier alpha value is -6.37. The number of hydrogen-bond acceptors (Lipinski definition) is 16. The van der Waals surface area contributed by atoms with Crippen molar-refractivity contribution in [2.24, 2.45) is 20.5 Å². The van der Waals surface area contributed by atoms with E-state index < -0.39 is 74.0 Å². The zero-order valence-corrected chi connectivity index (χ0v) is 31.0. The van der Waals surface area contributed by atoms with Gasteiger partial charge < -0.3 is 25.6 Å². The van der Waals surface area contributed by atoms with E-state index in [2.05, 4.69) is 32.4 Å². The van der Waals surface area contributed by atoms with Crippen molar-refractivity contribution >= 4 is 92.2 Å². The molecule has 0 saturated heterocycles. The van der Waals surface area contributed by atoms with Crippen LogP contribution in [-0.2, 0) is 39.9 Å². The van der Waals surface area contributed by atoms with Crippen molar-refractivity contribution < 1.29 is 63.1 Å². The molecule has 1 amide bonds. The first kappa shape index (κ1) is 40.8. The third-order valence-corrected chi connectivity index (χ3v) is 10.4. The van der Waals surface area contributed by atoms with Gasteiger partial charge in [-0.3, -0.25) is 18.5 Å². The number of ether oxygens (including phenoxy) is 2. The smallest absolute Gasteiger partial charge is 0.330 e. The lowest BCUT2D eigenvalue weighted by Gasteiger charge is -2.13.